The lowest BCUT2D eigenvalue weighted by Gasteiger charge is -2.26. The smallest absolute Gasteiger partial charge is 0.222 e. The Morgan fingerprint density at radius 1 is 1.32 bits per heavy atom. The topological polar surface area (TPSA) is 67.1 Å². The van der Waals surface area contributed by atoms with E-state index in [0.29, 0.717) is 10.8 Å². The third-order valence-electron chi connectivity index (χ3n) is 3.69. The van der Waals surface area contributed by atoms with Gasteiger partial charge in [-0.1, -0.05) is 25.4 Å². The average molecular weight is 284 g/mol. The van der Waals surface area contributed by atoms with Gasteiger partial charge in [0, 0.05) is 6.54 Å². The maximum atomic E-state index is 6.25. The normalized spacial score (nSPS) is 16.7. The Bertz CT molecular complexity index is 455. The van der Waals surface area contributed by atoms with Crippen LogP contribution in [0.15, 0.2) is 0 Å². The van der Waals surface area contributed by atoms with E-state index in [1.165, 1.54) is 0 Å². The van der Waals surface area contributed by atoms with Crippen LogP contribution < -0.4 is 11.1 Å². The van der Waals surface area contributed by atoms with Crippen LogP contribution >= 0.6 is 11.6 Å². The van der Waals surface area contributed by atoms with Crippen molar-refractivity contribution in [1.82, 2.24) is 14.9 Å². The summed E-state index contributed by atoms with van der Waals surface area (Å²) in [6, 6.07) is 0. The largest absolute Gasteiger partial charge is 0.368 e. The Labute approximate surface area is 119 Å². The van der Waals surface area contributed by atoms with Gasteiger partial charge in [0.15, 0.2) is 5.82 Å². The van der Waals surface area contributed by atoms with Crippen LogP contribution in [0, 0.1) is 6.92 Å². The second-order valence-corrected chi connectivity index (χ2v) is 5.57. The van der Waals surface area contributed by atoms with E-state index in [1.54, 1.807) is 0 Å². The Morgan fingerprint density at radius 2 is 1.95 bits per heavy atom. The number of rotatable bonds is 6. The van der Waals surface area contributed by atoms with E-state index in [9.17, 15) is 0 Å². The molecule has 0 saturated heterocycles. The predicted octanol–water partition coefficient (Wildman–Crippen LogP) is 2.31. The average Bonchev–Trinajstić information content (AvgIpc) is 3.12. The van der Waals surface area contributed by atoms with Crippen LogP contribution in [-0.2, 0) is 0 Å². The molecule has 1 aromatic heterocycles. The number of hydrogen-bond acceptors (Lipinski definition) is 5. The summed E-state index contributed by atoms with van der Waals surface area (Å²) in [5.41, 5.74) is 6.51. The quantitative estimate of drug-likeness (QED) is 0.839. The van der Waals surface area contributed by atoms with Gasteiger partial charge in [0.05, 0.1) is 11.2 Å². The van der Waals surface area contributed by atoms with E-state index in [-0.39, 0.29) is 11.5 Å². The molecule has 6 heteroatoms. The van der Waals surface area contributed by atoms with Crippen molar-refractivity contribution < 1.29 is 0 Å². The van der Waals surface area contributed by atoms with Gasteiger partial charge in [-0.2, -0.15) is 4.98 Å². The maximum absolute atomic E-state index is 6.25. The third-order valence-corrected chi connectivity index (χ3v) is 4.14. The molecule has 1 aromatic rings. The lowest BCUT2D eigenvalue weighted by atomic mass is 10.2. The highest BCUT2D eigenvalue weighted by Crippen LogP contribution is 2.41. The lowest BCUT2D eigenvalue weighted by Crippen LogP contribution is -2.38. The van der Waals surface area contributed by atoms with Crippen molar-refractivity contribution in [2.75, 3.05) is 30.7 Å². The van der Waals surface area contributed by atoms with Crippen LogP contribution in [0.25, 0.3) is 0 Å². The second-order valence-electron chi connectivity index (χ2n) is 5.20. The molecule has 1 aliphatic rings. The van der Waals surface area contributed by atoms with Gasteiger partial charge >= 0.3 is 0 Å². The molecule has 0 atom stereocenters. The lowest BCUT2D eigenvalue weighted by molar-refractivity contribution is 0.283. The van der Waals surface area contributed by atoms with Crippen LogP contribution in [0.1, 0.15) is 32.4 Å². The fourth-order valence-corrected chi connectivity index (χ4v) is 2.40. The molecule has 0 amide bonds. The Hall–Kier alpha value is -1.07. The molecule has 1 heterocycles. The van der Waals surface area contributed by atoms with E-state index in [0.717, 1.165) is 38.2 Å². The molecule has 2 rings (SSSR count). The molecule has 0 radical (unpaired) electrons. The van der Waals surface area contributed by atoms with Crippen molar-refractivity contribution in [2.45, 2.75) is 39.2 Å². The molecular formula is C13H22ClN5. The van der Waals surface area contributed by atoms with E-state index >= 15 is 0 Å². The number of aryl methyl sites for hydroxylation is 1. The maximum Gasteiger partial charge on any atom is 0.222 e. The van der Waals surface area contributed by atoms with E-state index in [1.807, 2.05) is 6.92 Å². The van der Waals surface area contributed by atoms with Crippen molar-refractivity contribution in [3.8, 4) is 0 Å². The SMILES string of the molecule is CCN(CC)CC1(Nc2nc(N)nc(C)c2Cl)CC1. The van der Waals surface area contributed by atoms with Gasteiger partial charge in [-0.25, -0.2) is 4.98 Å². The minimum Gasteiger partial charge on any atom is -0.368 e. The molecule has 1 fully saturated rings. The zero-order chi connectivity index (χ0) is 14.0. The zero-order valence-corrected chi connectivity index (χ0v) is 12.6. The number of hydrogen-bond donors (Lipinski definition) is 2. The van der Waals surface area contributed by atoms with Crippen molar-refractivity contribution in [3.05, 3.63) is 10.7 Å². The number of nitrogens with zero attached hydrogens (tertiary/aromatic N) is 3. The summed E-state index contributed by atoms with van der Waals surface area (Å²) in [6.45, 7) is 9.32. The fraction of sp³-hybridized carbons (Fsp3) is 0.692. The fourth-order valence-electron chi connectivity index (χ4n) is 2.26. The molecule has 0 unspecified atom stereocenters. The highest BCUT2D eigenvalue weighted by Gasteiger charge is 2.44. The number of nitrogens with one attached hydrogen (secondary N) is 1. The highest BCUT2D eigenvalue weighted by molar-refractivity contribution is 6.33. The number of aromatic nitrogens is 2. The number of likely N-dealkylation sites (N-methyl/N-ethyl adjacent to an activating group) is 1. The molecular weight excluding hydrogens is 262 g/mol. The van der Waals surface area contributed by atoms with Crippen molar-refractivity contribution in [3.63, 3.8) is 0 Å². The Kier molecular flexibility index (Phi) is 4.16. The number of anilines is 2. The first-order valence-corrected chi connectivity index (χ1v) is 7.17. The van der Waals surface area contributed by atoms with Crippen LogP contribution in [0.3, 0.4) is 0 Å². The van der Waals surface area contributed by atoms with E-state index in [4.69, 9.17) is 17.3 Å². The molecule has 0 aliphatic heterocycles. The van der Waals surface area contributed by atoms with Crippen molar-refractivity contribution >= 4 is 23.4 Å². The van der Waals surface area contributed by atoms with Crippen molar-refractivity contribution in [1.29, 1.82) is 0 Å². The summed E-state index contributed by atoms with van der Waals surface area (Å²) in [5.74, 6) is 0.930. The van der Waals surface area contributed by atoms with Crippen molar-refractivity contribution in [2.24, 2.45) is 0 Å². The molecule has 1 saturated carbocycles. The molecule has 19 heavy (non-hydrogen) atoms. The standard InChI is InChI=1S/C13H22ClN5/c1-4-19(5-2)8-13(6-7-13)18-11-10(14)9(3)16-12(15)17-11/h4-8H2,1-3H3,(H3,15,16,17,18). The van der Waals surface area contributed by atoms with Gasteiger partial charge < -0.3 is 16.0 Å². The summed E-state index contributed by atoms with van der Waals surface area (Å²) in [4.78, 5) is 10.7. The summed E-state index contributed by atoms with van der Waals surface area (Å²) in [6.07, 6.45) is 2.28. The number of nitrogens with two attached hydrogens (primary N) is 1. The molecule has 0 bridgehead atoms. The van der Waals surface area contributed by atoms with Gasteiger partial charge in [0.25, 0.3) is 0 Å². The Morgan fingerprint density at radius 3 is 2.47 bits per heavy atom. The van der Waals surface area contributed by atoms with Gasteiger partial charge in [-0.15, -0.1) is 0 Å². The third kappa shape index (κ3) is 3.28. The van der Waals surface area contributed by atoms with Crippen LogP contribution in [0.5, 0.6) is 0 Å². The van der Waals surface area contributed by atoms with Crippen LogP contribution in [-0.4, -0.2) is 40.0 Å². The number of nitrogen functional groups attached to an aromatic ring is 1. The molecule has 5 nitrogen and oxygen atoms in total. The van der Waals surface area contributed by atoms with Gasteiger partial charge in [-0.3, -0.25) is 0 Å². The minimum atomic E-state index is 0.100. The first kappa shape index (κ1) is 14.3. The first-order chi connectivity index (χ1) is 8.99. The first-order valence-electron chi connectivity index (χ1n) is 6.80. The Balaban J connectivity index is 2.13. The van der Waals surface area contributed by atoms with Crippen LogP contribution in [0.4, 0.5) is 11.8 Å². The zero-order valence-electron chi connectivity index (χ0n) is 11.8. The molecule has 0 spiro atoms. The van der Waals surface area contributed by atoms with Gasteiger partial charge in [0.1, 0.15) is 5.02 Å². The summed E-state index contributed by atoms with van der Waals surface area (Å²) in [5, 5.41) is 4.04. The predicted molar refractivity (Wildman–Crippen MR) is 79.6 cm³/mol. The van der Waals surface area contributed by atoms with E-state index < -0.39 is 0 Å². The molecule has 1 aliphatic carbocycles. The van der Waals surface area contributed by atoms with Crippen LogP contribution in [0.2, 0.25) is 5.02 Å². The summed E-state index contributed by atoms with van der Waals surface area (Å²) >= 11 is 6.25. The second kappa shape index (κ2) is 5.51. The molecule has 106 valence electrons. The monoisotopic (exact) mass is 283 g/mol. The van der Waals surface area contributed by atoms with Gasteiger partial charge in [-0.05, 0) is 32.9 Å². The van der Waals surface area contributed by atoms with E-state index in [2.05, 4.69) is 34.0 Å². The summed E-state index contributed by atoms with van der Waals surface area (Å²) in [7, 11) is 0. The van der Waals surface area contributed by atoms with Gasteiger partial charge in [0.2, 0.25) is 5.95 Å². The molecule has 3 N–H and O–H groups in total. The number of halogens is 1. The summed E-state index contributed by atoms with van der Waals surface area (Å²) < 4.78 is 0. The highest BCUT2D eigenvalue weighted by atomic mass is 35.5. The minimum absolute atomic E-state index is 0.100. The molecule has 0 aromatic carbocycles.